The summed E-state index contributed by atoms with van der Waals surface area (Å²) in [5.74, 6) is 0.388. The van der Waals surface area contributed by atoms with Crippen molar-refractivity contribution in [2.24, 2.45) is 43.3 Å². The van der Waals surface area contributed by atoms with Gasteiger partial charge in [0.05, 0.1) is 6.61 Å². The second-order valence-electron chi connectivity index (χ2n) is 22.3. The minimum Gasteiger partial charge on any atom is -0.361 e. The molecule has 0 unspecified atom stereocenters. The van der Waals surface area contributed by atoms with Crippen LogP contribution >= 0.6 is 0 Å². The topological polar surface area (TPSA) is 126 Å². The molecule has 0 aliphatic rings. The van der Waals surface area contributed by atoms with Crippen LogP contribution in [0.15, 0.2) is 0 Å². The summed E-state index contributed by atoms with van der Waals surface area (Å²) in [6.07, 6.45) is 0. The average Bonchev–Trinajstić information content (AvgIpc) is 2.83. The van der Waals surface area contributed by atoms with Crippen molar-refractivity contribution >= 4 is 23.6 Å². The molecule has 0 saturated carbocycles. The number of hydrogen-bond acceptors (Lipinski definition) is 5. The molecule has 0 spiro atoms. The van der Waals surface area contributed by atoms with E-state index in [4.69, 9.17) is 4.74 Å². The molecule has 0 heterocycles. The van der Waals surface area contributed by atoms with E-state index in [1.807, 2.05) is 83.1 Å². The first-order valence-corrected chi connectivity index (χ1v) is 18.2. The number of carbonyl (C=O) groups is 4. The molecule has 0 aromatic heterocycles. The monoisotopic (exact) mass is 715 g/mol. The maximum atomic E-state index is 11.4. The highest BCUT2D eigenvalue weighted by atomic mass is 16.5. The van der Waals surface area contributed by atoms with Crippen LogP contribution in [-0.4, -0.2) is 56.6 Å². The smallest absolute Gasteiger partial charge is 0.227 e. The van der Waals surface area contributed by atoms with Gasteiger partial charge in [-0.3, -0.25) is 19.2 Å². The van der Waals surface area contributed by atoms with Crippen LogP contribution < -0.4 is 21.3 Å². The molecule has 0 saturated heterocycles. The maximum Gasteiger partial charge on any atom is 0.227 e. The van der Waals surface area contributed by atoms with Crippen LogP contribution in [0.4, 0.5) is 0 Å². The summed E-state index contributed by atoms with van der Waals surface area (Å²) in [5, 5.41) is 11.5. The summed E-state index contributed by atoms with van der Waals surface area (Å²) in [6.45, 7) is 51.4. The summed E-state index contributed by atoms with van der Waals surface area (Å²) in [7, 11) is 0. The van der Waals surface area contributed by atoms with Gasteiger partial charge in [0.1, 0.15) is 6.73 Å². The van der Waals surface area contributed by atoms with Crippen LogP contribution in [0, 0.1) is 43.3 Å². The predicted octanol–water partition coefficient (Wildman–Crippen LogP) is 8.75. The van der Waals surface area contributed by atoms with Crippen LogP contribution in [0.5, 0.6) is 0 Å². The molecule has 0 aromatic carbocycles. The van der Waals surface area contributed by atoms with Gasteiger partial charge in [0.25, 0.3) is 0 Å². The van der Waals surface area contributed by atoms with Crippen molar-refractivity contribution in [2.75, 3.05) is 33.0 Å². The van der Waals surface area contributed by atoms with Crippen molar-refractivity contribution in [3.8, 4) is 0 Å². The van der Waals surface area contributed by atoms with Gasteiger partial charge in [-0.25, -0.2) is 0 Å². The molecular weight excluding hydrogens is 628 g/mol. The number of carbonyl (C=O) groups excluding carboxylic acids is 4. The highest BCUT2D eigenvalue weighted by molar-refractivity contribution is 5.82. The molecule has 0 rings (SSSR count). The third-order valence-electron chi connectivity index (χ3n) is 5.93. The van der Waals surface area contributed by atoms with Gasteiger partial charge in [-0.2, -0.15) is 0 Å². The normalized spacial score (nSPS) is 12.8. The average molecular weight is 715 g/mol. The zero-order valence-electron chi connectivity index (χ0n) is 37.6. The molecule has 300 valence electrons. The first-order valence-electron chi connectivity index (χ1n) is 18.2. The van der Waals surface area contributed by atoms with Crippen molar-refractivity contribution < 1.29 is 23.9 Å². The minimum atomic E-state index is -0.342. The first kappa shape index (κ1) is 54.6. The first-order chi connectivity index (χ1) is 21.5. The van der Waals surface area contributed by atoms with Gasteiger partial charge in [-0.1, -0.05) is 166 Å². The van der Waals surface area contributed by atoms with E-state index in [0.29, 0.717) is 13.3 Å². The summed E-state index contributed by atoms with van der Waals surface area (Å²) >= 11 is 0. The molecule has 9 nitrogen and oxygen atoms in total. The molecule has 0 aliphatic carbocycles. The number of hydrogen-bond donors (Lipinski definition) is 4. The Labute approximate surface area is 310 Å². The van der Waals surface area contributed by atoms with E-state index in [9.17, 15) is 19.2 Å². The Hall–Kier alpha value is -2.16. The Morgan fingerprint density at radius 1 is 0.340 bits per heavy atom. The van der Waals surface area contributed by atoms with Crippen molar-refractivity contribution in [3.05, 3.63) is 0 Å². The van der Waals surface area contributed by atoms with E-state index >= 15 is 0 Å². The fourth-order valence-electron chi connectivity index (χ4n) is 2.57. The van der Waals surface area contributed by atoms with Crippen LogP contribution in [0.2, 0.25) is 0 Å². The van der Waals surface area contributed by atoms with E-state index in [1.165, 1.54) is 0 Å². The molecule has 9 heteroatoms. The van der Waals surface area contributed by atoms with Crippen molar-refractivity contribution in [3.63, 3.8) is 0 Å². The van der Waals surface area contributed by atoms with Crippen LogP contribution in [-0.2, 0) is 23.9 Å². The Morgan fingerprint density at radius 3 is 0.700 bits per heavy atom. The highest BCUT2D eigenvalue weighted by Gasteiger charge is 2.25. The van der Waals surface area contributed by atoms with E-state index in [0.717, 1.165) is 19.6 Å². The molecule has 4 N–H and O–H groups in total. The Morgan fingerprint density at radius 2 is 0.540 bits per heavy atom. The Balaban J connectivity index is -0.000000283. The molecule has 0 fully saturated rings. The molecule has 50 heavy (non-hydrogen) atoms. The summed E-state index contributed by atoms with van der Waals surface area (Å²) < 4.78 is 5.33. The molecule has 0 atom stereocenters. The Kier molecular flexibility index (Phi) is 23.4. The van der Waals surface area contributed by atoms with Gasteiger partial charge < -0.3 is 26.0 Å². The fourth-order valence-corrected chi connectivity index (χ4v) is 2.57. The van der Waals surface area contributed by atoms with Gasteiger partial charge in [0.2, 0.25) is 23.6 Å². The van der Waals surface area contributed by atoms with Gasteiger partial charge in [0.15, 0.2) is 0 Å². The van der Waals surface area contributed by atoms with E-state index in [1.54, 1.807) is 0 Å². The van der Waals surface area contributed by atoms with E-state index in [-0.39, 0.29) is 66.9 Å². The number of ether oxygens (including phenoxy) is 1. The lowest BCUT2D eigenvalue weighted by Gasteiger charge is -2.23. The highest BCUT2D eigenvalue weighted by Crippen LogP contribution is 2.18. The second-order valence-corrected chi connectivity index (χ2v) is 22.3. The van der Waals surface area contributed by atoms with Crippen molar-refractivity contribution in [2.45, 2.75) is 166 Å². The zero-order chi connectivity index (χ0) is 41.4. The van der Waals surface area contributed by atoms with Gasteiger partial charge in [-0.15, -0.1) is 0 Å². The zero-order valence-corrected chi connectivity index (χ0v) is 37.6. The lowest BCUT2D eigenvalue weighted by molar-refractivity contribution is -0.131. The Bertz CT molecular complexity index is 898. The third-order valence-corrected chi connectivity index (χ3v) is 5.93. The number of amides is 4. The lowest BCUT2D eigenvalue weighted by atomic mass is 9.93. The van der Waals surface area contributed by atoms with Gasteiger partial charge in [-0.05, 0) is 21.7 Å². The molecule has 0 aromatic rings. The van der Waals surface area contributed by atoms with Gasteiger partial charge in [0, 0.05) is 41.3 Å². The summed E-state index contributed by atoms with van der Waals surface area (Å²) in [6, 6.07) is 0. The summed E-state index contributed by atoms with van der Waals surface area (Å²) in [5.41, 5.74) is -0.512. The van der Waals surface area contributed by atoms with Crippen LogP contribution in [0.3, 0.4) is 0 Å². The molecule has 0 aliphatic heterocycles. The summed E-state index contributed by atoms with van der Waals surface area (Å²) in [4.78, 5) is 45.6. The molecule has 0 bridgehead atoms. The van der Waals surface area contributed by atoms with Crippen LogP contribution in [0.25, 0.3) is 0 Å². The quantitative estimate of drug-likeness (QED) is 0.162. The van der Waals surface area contributed by atoms with Gasteiger partial charge >= 0.3 is 0 Å². The maximum absolute atomic E-state index is 11.4. The number of rotatable bonds is 6. The molecular formula is C41H86N4O5. The standard InChI is InChI=1S/C11H23NO2.3C10H21NO/c1-10(2,3)7-14-8-12-9(13)11(4,5)6;3*1-9(2,3)7-11-8(12)10(4,5)6/h7-8H2,1-6H3,(H,12,13);3*7H2,1-6H3,(H,11,12). The van der Waals surface area contributed by atoms with Crippen LogP contribution in [0.1, 0.15) is 166 Å². The molecule has 4 amide bonds. The SMILES string of the molecule is CC(C)(C)CNC(=O)C(C)(C)C.CC(C)(C)CNC(=O)C(C)(C)C.CC(C)(C)CNC(=O)C(C)(C)C.CC(C)(C)COCNC(=O)C(C)(C)C. The van der Waals surface area contributed by atoms with E-state index < -0.39 is 0 Å². The third kappa shape index (κ3) is 40.3. The second kappa shape index (κ2) is 21.4. The minimum absolute atomic E-state index is 0.0198. The fraction of sp³-hybridized carbons (Fsp3) is 0.902. The lowest BCUT2D eigenvalue weighted by Crippen LogP contribution is -2.39. The van der Waals surface area contributed by atoms with E-state index in [2.05, 4.69) is 104 Å². The van der Waals surface area contributed by atoms with Crippen molar-refractivity contribution in [1.29, 1.82) is 0 Å². The van der Waals surface area contributed by atoms with Crippen molar-refractivity contribution in [1.82, 2.24) is 21.3 Å². The number of nitrogens with one attached hydrogen (secondary N) is 4. The predicted molar refractivity (Wildman–Crippen MR) is 214 cm³/mol. The molecule has 0 radical (unpaired) electrons. The largest absolute Gasteiger partial charge is 0.361 e.